The number of fused-ring (bicyclic) bond motifs is 3. The Morgan fingerprint density at radius 2 is 1.97 bits per heavy atom. The lowest BCUT2D eigenvalue weighted by molar-refractivity contribution is 0.398. The van der Waals surface area contributed by atoms with Crippen LogP contribution < -0.4 is 9.64 Å². The van der Waals surface area contributed by atoms with Crippen LogP contribution in [0.4, 0.5) is 11.5 Å². The molecule has 0 saturated heterocycles. The van der Waals surface area contributed by atoms with Gasteiger partial charge in [-0.2, -0.15) is 0 Å². The number of halogens is 1. The molecule has 0 amide bonds. The molecule has 5 rings (SSSR count). The van der Waals surface area contributed by atoms with Crippen LogP contribution in [0.25, 0.3) is 16.8 Å². The second-order valence-electron chi connectivity index (χ2n) is 7.78. The quantitative estimate of drug-likeness (QED) is 0.424. The van der Waals surface area contributed by atoms with Crippen molar-refractivity contribution in [1.82, 2.24) is 14.4 Å². The van der Waals surface area contributed by atoms with E-state index in [1.165, 1.54) is 16.8 Å². The summed E-state index contributed by atoms with van der Waals surface area (Å²) in [5.74, 6) is 1.71. The summed E-state index contributed by atoms with van der Waals surface area (Å²) in [7, 11) is 1.61. The molecular weight excluding hydrogens is 396 g/mol. The van der Waals surface area contributed by atoms with Gasteiger partial charge in [-0.05, 0) is 49.9 Å². The van der Waals surface area contributed by atoms with E-state index >= 15 is 0 Å². The van der Waals surface area contributed by atoms with Crippen molar-refractivity contribution in [3.63, 3.8) is 0 Å². The molecule has 1 aliphatic heterocycles. The Bertz CT molecular complexity index is 1250. The van der Waals surface area contributed by atoms with E-state index in [-0.39, 0.29) is 0 Å². The number of hydrogen-bond acceptors (Lipinski definition) is 4. The second-order valence-corrected chi connectivity index (χ2v) is 8.19. The van der Waals surface area contributed by atoms with Crippen molar-refractivity contribution in [1.29, 1.82) is 0 Å². The number of nitrogens with zero attached hydrogens (tertiary/aromatic N) is 4. The molecule has 0 fully saturated rings. The van der Waals surface area contributed by atoms with Crippen LogP contribution in [0.5, 0.6) is 5.88 Å². The highest BCUT2D eigenvalue weighted by molar-refractivity contribution is 6.33. The molecule has 0 saturated carbocycles. The number of imidazole rings is 1. The zero-order valence-corrected chi connectivity index (χ0v) is 18.1. The lowest BCUT2D eigenvalue weighted by Gasteiger charge is -2.30. The Balaban J connectivity index is 1.70. The Hall–Kier alpha value is -3.05. The molecule has 152 valence electrons. The number of benzene rings is 1. The van der Waals surface area contributed by atoms with E-state index in [1.807, 2.05) is 18.2 Å². The molecule has 6 heteroatoms. The fourth-order valence-corrected chi connectivity index (χ4v) is 4.44. The molecule has 30 heavy (non-hydrogen) atoms. The molecule has 5 nitrogen and oxygen atoms in total. The van der Waals surface area contributed by atoms with Crippen LogP contribution in [-0.4, -0.2) is 28.0 Å². The third-order valence-corrected chi connectivity index (χ3v) is 6.03. The molecule has 0 N–H and O–H groups in total. The first-order valence-corrected chi connectivity index (χ1v) is 10.5. The van der Waals surface area contributed by atoms with Crippen molar-refractivity contribution >= 4 is 28.8 Å². The number of hydrogen-bond donors (Lipinski definition) is 0. The van der Waals surface area contributed by atoms with Gasteiger partial charge in [-0.25, -0.2) is 9.97 Å². The Labute approximate surface area is 180 Å². The smallest absolute Gasteiger partial charge is 0.212 e. The van der Waals surface area contributed by atoms with Crippen LogP contribution in [0.3, 0.4) is 0 Å². The lowest BCUT2D eigenvalue weighted by Crippen LogP contribution is -2.26. The van der Waals surface area contributed by atoms with E-state index in [4.69, 9.17) is 21.3 Å². The Morgan fingerprint density at radius 1 is 1.10 bits per heavy atom. The Morgan fingerprint density at radius 3 is 2.73 bits per heavy atom. The predicted octanol–water partition coefficient (Wildman–Crippen LogP) is 5.76. The summed E-state index contributed by atoms with van der Waals surface area (Å²) < 4.78 is 7.35. The number of aryl methyl sites for hydroxylation is 3. The number of ether oxygens (including phenoxy) is 1. The van der Waals surface area contributed by atoms with Gasteiger partial charge in [-0.1, -0.05) is 23.7 Å². The minimum Gasteiger partial charge on any atom is -0.481 e. The highest BCUT2D eigenvalue weighted by atomic mass is 35.5. The van der Waals surface area contributed by atoms with Crippen molar-refractivity contribution in [3.8, 4) is 17.0 Å². The molecule has 1 aliphatic rings. The number of aromatic nitrogens is 3. The van der Waals surface area contributed by atoms with Crippen molar-refractivity contribution in [3.05, 3.63) is 70.6 Å². The molecule has 0 radical (unpaired) electrons. The zero-order chi connectivity index (χ0) is 20.8. The van der Waals surface area contributed by atoms with Gasteiger partial charge in [0.2, 0.25) is 5.88 Å². The first-order chi connectivity index (χ1) is 14.5. The van der Waals surface area contributed by atoms with Crippen LogP contribution in [0.2, 0.25) is 5.02 Å². The molecule has 0 bridgehead atoms. The summed E-state index contributed by atoms with van der Waals surface area (Å²) in [6, 6.07) is 12.4. The summed E-state index contributed by atoms with van der Waals surface area (Å²) in [5.41, 5.74) is 7.60. The van der Waals surface area contributed by atoms with Gasteiger partial charge < -0.3 is 9.64 Å². The minimum absolute atomic E-state index is 0.581. The largest absolute Gasteiger partial charge is 0.481 e. The molecule has 0 unspecified atom stereocenters. The van der Waals surface area contributed by atoms with Crippen molar-refractivity contribution in [2.75, 3.05) is 18.6 Å². The monoisotopic (exact) mass is 418 g/mol. The van der Waals surface area contributed by atoms with Gasteiger partial charge >= 0.3 is 0 Å². The third kappa shape index (κ3) is 3.10. The van der Waals surface area contributed by atoms with Crippen LogP contribution in [0.15, 0.2) is 48.8 Å². The van der Waals surface area contributed by atoms with Crippen molar-refractivity contribution < 1.29 is 4.74 Å². The average molecular weight is 419 g/mol. The highest BCUT2D eigenvalue weighted by Crippen LogP contribution is 2.38. The number of methoxy groups -OCH3 is 1. The van der Waals surface area contributed by atoms with Crippen LogP contribution >= 0.6 is 11.6 Å². The van der Waals surface area contributed by atoms with Crippen LogP contribution in [0, 0.1) is 13.8 Å². The molecule has 0 spiro atoms. The lowest BCUT2D eigenvalue weighted by atomic mass is 10.1. The summed E-state index contributed by atoms with van der Waals surface area (Å²) in [6.07, 6.45) is 5.91. The summed E-state index contributed by atoms with van der Waals surface area (Å²) >= 11 is 6.65. The predicted molar refractivity (Wildman–Crippen MR) is 121 cm³/mol. The van der Waals surface area contributed by atoms with Crippen LogP contribution in [0.1, 0.15) is 23.2 Å². The standard InChI is InChI=1S/C24H23ClN4O/c1-15-6-7-16(2)21(11-15)28-10-4-5-20-24(28)29-14-18(19(25)12-22(29)27-20)17-8-9-23(30-3)26-13-17/h6-9,11-14H,4-5,10H2,1-3H3. The molecule has 1 aromatic carbocycles. The first kappa shape index (κ1) is 18.9. The van der Waals surface area contributed by atoms with E-state index in [0.29, 0.717) is 10.9 Å². The van der Waals surface area contributed by atoms with Gasteiger partial charge in [0, 0.05) is 47.9 Å². The van der Waals surface area contributed by atoms with Crippen molar-refractivity contribution in [2.24, 2.45) is 0 Å². The maximum absolute atomic E-state index is 6.65. The topological polar surface area (TPSA) is 42.7 Å². The fourth-order valence-electron chi connectivity index (χ4n) is 4.18. The van der Waals surface area contributed by atoms with Gasteiger partial charge in [0.25, 0.3) is 0 Å². The number of anilines is 2. The van der Waals surface area contributed by atoms with Crippen LogP contribution in [-0.2, 0) is 6.42 Å². The maximum Gasteiger partial charge on any atom is 0.212 e. The number of pyridine rings is 2. The van der Waals surface area contributed by atoms with E-state index < -0.39 is 0 Å². The van der Waals surface area contributed by atoms with Gasteiger partial charge in [-0.15, -0.1) is 0 Å². The van der Waals surface area contributed by atoms with Crippen molar-refractivity contribution in [2.45, 2.75) is 26.7 Å². The van der Waals surface area contributed by atoms with E-state index in [2.05, 4.69) is 52.5 Å². The summed E-state index contributed by atoms with van der Waals surface area (Å²) in [4.78, 5) is 11.6. The first-order valence-electron chi connectivity index (χ1n) is 10.1. The molecule has 4 heterocycles. The summed E-state index contributed by atoms with van der Waals surface area (Å²) in [6.45, 7) is 5.27. The highest BCUT2D eigenvalue weighted by Gasteiger charge is 2.26. The average Bonchev–Trinajstić information content (AvgIpc) is 3.12. The molecular formula is C24H23ClN4O. The fraction of sp³-hybridized carbons (Fsp3) is 0.250. The third-order valence-electron chi connectivity index (χ3n) is 5.72. The van der Waals surface area contributed by atoms with Gasteiger partial charge in [0.15, 0.2) is 0 Å². The molecule has 4 aromatic rings. The van der Waals surface area contributed by atoms with E-state index in [9.17, 15) is 0 Å². The minimum atomic E-state index is 0.581. The summed E-state index contributed by atoms with van der Waals surface area (Å²) in [5, 5.41) is 0.662. The Kier molecular flexibility index (Phi) is 4.63. The zero-order valence-electron chi connectivity index (χ0n) is 17.3. The van der Waals surface area contributed by atoms with E-state index in [1.54, 1.807) is 13.3 Å². The second kappa shape index (κ2) is 7.33. The number of rotatable bonds is 3. The van der Waals surface area contributed by atoms with Gasteiger partial charge in [0.1, 0.15) is 11.5 Å². The normalized spacial score (nSPS) is 13.5. The molecule has 0 aliphatic carbocycles. The molecule has 0 atom stereocenters. The van der Waals surface area contributed by atoms with Gasteiger partial charge in [-0.3, -0.25) is 4.40 Å². The molecule has 3 aromatic heterocycles. The maximum atomic E-state index is 6.65. The van der Waals surface area contributed by atoms with Gasteiger partial charge in [0.05, 0.1) is 17.8 Å². The SMILES string of the molecule is COc1ccc(-c2cn3c4c(nc3cc2Cl)CCCN4c2cc(C)ccc2C)cn1. The van der Waals surface area contributed by atoms with E-state index in [0.717, 1.165) is 47.7 Å².